The van der Waals surface area contributed by atoms with Crippen molar-refractivity contribution in [3.63, 3.8) is 0 Å². The monoisotopic (exact) mass is 315 g/mol. The van der Waals surface area contributed by atoms with Crippen molar-refractivity contribution in [2.45, 2.75) is 26.1 Å². The quantitative estimate of drug-likeness (QED) is 0.878. The lowest BCUT2D eigenvalue weighted by Crippen LogP contribution is -2.11. The van der Waals surface area contributed by atoms with Crippen LogP contribution in [0.25, 0.3) is 0 Å². The van der Waals surface area contributed by atoms with Crippen LogP contribution >= 0.6 is 0 Å². The summed E-state index contributed by atoms with van der Waals surface area (Å²) >= 11 is 0. The van der Waals surface area contributed by atoms with Crippen molar-refractivity contribution >= 4 is 11.7 Å². The molecule has 2 aromatic carbocycles. The highest BCUT2D eigenvalue weighted by Gasteiger charge is 2.21. The highest BCUT2D eigenvalue weighted by molar-refractivity contribution is 5.87. The molecule has 1 unspecified atom stereocenters. The molecule has 0 bridgehead atoms. The van der Waals surface area contributed by atoms with Crippen LogP contribution in [-0.4, -0.2) is 16.3 Å². The summed E-state index contributed by atoms with van der Waals surface area (Å²) in [6, 6.07) is 12.0. The number of ether oxygens (including phenoxy) is 1. The molecule has 0 amide bonds. The molecule has 6 heteroatoms. The largest absolute Gasteiger partial charge is 0.486 e. The molecule has 6 nitrogen and oxygen atoms in total. The molecule has 0 radical (unpaired) electrons. The van der Waals surface area contributed by atoms with Crippen LogP contribution in [0.2, 0.25) is 0 Å². The minimum absolute atomic E-state index is 0.163. The van der Waals surface area contributed by atoms with Gasteiger partial charge in [-0.2, -0.15) is 0 Å². The Labute approximate surface area is 133 Å². The molecule has 0 fully saturated rings. The van der Waals surface area contributed by atoms with Crippen molar-refractivity contribution in [1.29, 1.82) is 0 Å². The van der Waals surface area contributed by atoms with Gasteiger partial charge < -0.3 is 9.84 Å². The molecular weight excluding hydrogens is 298 g/mol. The van der Waals surface area contributed by atoms with E-state index in [4.69, 9.17) is 14.7 Å². The smallest absolute Gasteiger partial charge is 0.335 e. The number of benzene rings is 2. The van der Waals surface area contributed by atoms with Gasteiger partial charge >= 0.3 is 5.97 Å². The van der Waals surface area contributed by atoms with Crippen LogP contribution in [-0.2, 0) is 11.4 Å². The lowest BCUT2D eigenvalue weighted by atomic mass is 10.0. The van der Waals surface area contributed by atoms with Gasteiger partial charge in [0.2, 0.25) is 0 Å². The van der Waals surface area contributed by atoms with Gasteiger partial charge in [-0.15, -0.1) is 5.23 Å². The molecule has 2 N–H and O–H groups in total. The Morgan fingerprint density at radius 1 is 1.30 bits per heavy atom. The highest BCUT2D eigenvalue weighted by atomic mass is 16.9. The van der Waals surface area contributed by atoms with E-state index in [1.165, 1.54) is 12.1 Å². The first-order valence-electron chi connectivity index (χ1n) is 7.33. The van der Waals surface area contributed by atoms with Crippen molar-refractivity contribution in [1.82, 2.24) is 0 Å². The maximum absolute atomic E-state index is 10.9. The highest BCUT2D eigenvalue weighted by Crippen LogP contribution is 2.32. The predicted molar refractivity (Wildman–Crippen MR) is 82.6 cm³/mol. The molecule has 2 aromatic rings. The normalized spacial score (nSPS) is 14.4. The third-order valence-corrected chi connectivity index (χ3v) is 3.77. The minimum atomic E-state index is -0.962. The first-order valence-corrected chi connectivity index (χ1v) is 7.33. The number of rotatable bonds is 5. The summed E-state index contributed by atoms with van der Waals surface area (Å²) in [5.74, 6) is -0.349. The molecule has 1 aliphatic rings. The molecule has 0 aliphatic carbocycles. The van der Waals surface area contributed by atoms with E-state index in [1.807, 2.05) is 19.1 Å². The fraction of sp³-hybridized carbons (Fsp3) is 0.235. The predicted octanol–water partition coefficient (Wildman–Crippen LogP) is 3.56. The van der Waals surface area contributed by atoms with Gasteiger partial charge in [0.25, 0.3) is 0 Å². The zero-order valence-electron chi connectivity index (χ0n) is 12.6. The van der Waals surface area contributed by atoms with Gasteiger partial charge in [0.15, 0.2) is 0 Å². The maximum Gasteiger partial charge on any atom is 0.335 e. The van der Waals surface area contributed by atoms with E-state index >= 15 is 0 Å². The second kappa shape index (κ2) is 6.28. The fourth-order valence-electron chi connectivity index (χ4n) is 2.54. The Bertz CT molecular complexity index is 713. The van der Waals surface area contributed by atoms with Crippen molar-refractivity contribution < 1.29 is 24.7 Å². The van der Waals surface area contributed by atoms with Gasteiger partial charge in [-0.1, -0.05) is 13.0 Å². The maximum atomic E-state index is 10.9. The summed E-state index contributed by atoms with van der Waals surface area (Å²) < 4.78 is 5.96. The Morgan fingerprint density at radius 2 is 2.04 bits per heavy atom. The van der Waals surface area contributed by atoms with E-state index in [0.717, 1.165) is 22.8 Å². The topological polar surface area (TPSA) is 79.2 Å². The lowest BCUT2D eigenvalue weighted by molar-refractivity contribution is -0.0329. The van der Waals surface area contributed by atoms with Crippen molar-refractivity contribution in [3.05, 3.63) is 59.2 Å². The van der Waals surface area contributed by atoms with Crippen molar-refractivity contribution in [2.75, 3.05) is 5.23 Å². The summed E-state index contributed by atoms with van der Waals surface area (Å²) in [6.07, 6.45) is 0.590. The van der Waals surface area contributed by atoms with E-state index in [9.17, 15) is 10.0 Å². The molecule has 120 valence electrons. The standard InChI is InChI=1S/C17H17NO5/c1-2-16(23-14-6-3-11(4-7-14)17(19)20)12-5-8-15-13(9-12)10-22-18(15)21/h3-9,16,21H,2,10H2,1H3,(H,19,20). The van der Waals surface area contributed by atoms with E-state index < -0.39 is 5.97 Å². The molecule has 1 aliphatic heterocycles. The fourth-order valence-corrected chi connectivity index (χ4v) is 2.54. The van der Waals surface area contributed by atoms with Gasteiger partial charge in [-0.25, -0.2) is 9.63 Å². The number of fused-ring (bicyclic) bond motifs is 1. The van der Waals surface area contributed by atoms with E-state index in [2.05, 4.69) is 0 Å². The Hall–Kier alpha value is -2.57. The molecule has 1 heterocycles. The number of nitrogens with zero attached hydrogens (tertiary/aromatic N) is 1. The van der Waals surface area contributed by atoms with Crippen LogP contribution < -0.4 is 9.96 Å². The first kappa shape index (κ1) is 15.3. The second-order valence-corrected chi connectivity index (χ2v) is 5.28. The summed E-state index contributed by atoms with van der Waals surface area (Å²) in [7, 11) is 0. The van der Waals surface area contributed by atoms with Crippen LogP contribution in [0.5, 0.6) is 5.75 Å². The number of aromatic carboxylic acids is 1. The molecule has 3 rings (SSSR count). The minimum Gasteiger partial charge on any atom is -0.486 e. The first-order chi connectivity index (χ1) is 11.1. The van der Waals surface area contributed by atoms with Gasteiger partial charge in [0.05, 0.1) is 5.56 Å². The Kier molecular flexibility index (Phi) is 4.18. The van der Waals surface area contributed by atoms with E-state index in [1.54, 1.807) is 18.2 Å². The molecular formula is C17H17NO5. The second-order valence-electron chi connectivity index (χ2n) is 5.28. The summed E-state index contributed by atoms with van der Waals surface area (Å²) in [5.41, 5.74) is 2.73. The molecule has 0 saturated carbocycles. The zero-order chi connectivity index (χ0) is 16.4. The van der Waals surface area contributed by atoms with Crippen LogP contribution in [0.15, 0.2) is 42.5 Å². The Balaban J connectivity index is 1.79. The Morgan fingerprint density at radius 3 is 2.70 bits per heavy atom. The summed E-state index contributed by atoms with van der Waals surface area (Å²) in [6.45, 7) is 2.34. The number of hydrogen-bond acceptors (Lipinski definition) is 5. The average Bonchev–Trinajstić information content (AvgIpc) is 2.93. The number of carboxylic acids is 1. The molecule has 1 atom stereocenters. The molecule has 0 saturated heterocycles. The summed E-state index contributed by atoms with van der Waals surface area (Å²) in [4.78, 5) is 15.9. The molecule has 0 spiro atoms. The molecule has 23 heavy (non-hydrogen) atoms. The number of hydrogen-bond donors (Lipinski definition) is 2. The summed E-state index contributed by atoms with van der Waals surface area (Å²) in [5, 5.41) is 19.2. The van der Waals surface area contributed by atoms with Crippen LogP contribution in [0.1, 0.15) is 40.9 Å². The van der Waals surface area contributed by atoms with Gasteiger partial charge in [-0.05, 0) is 48.4 Å². The van der Waals surface area contributed by atoms with E-state index in [0.29, 0.717) is 18.0 Å². The van der Waals surface area contributed by atoms with Crippen molar-refractivity contribution in [3.8, 4) is 5.75 Å². The van der Waals surface area contributed by atoms with Crippen LogP contribution in [0, 0.1) is 0 Å². The number of carboxylic acid groups (broad SMARTS) is 1. The van der Waals surface area contributed by atoms with Gasteiger partial charge in [0.1, 0.15) is 24.1 Å². The van der Waals surface area contributed by atoms with Crippen LogP contribution in [0.4, 0.5) is 5.69 Å². The third-order valence-electron chi connectivity index (χ3n) is 3.77. The third kappa shape index (κ3) is 3.13. The van der Waals surface area contributed by atoms with Gasteiger partial charge in [-0.3, -0.25) is 5.21 Å². The number of anilines is 1. The lowest BCUT2D eigenvalue weighted by Gasteiger charge is -2.19. The van der Waals surface area contributed by atoms with Crippen molar-refractivity contribution in [2.24, 2.45) is 0 Å². The van der Waals surface area contributed by atoms with Gasteiger partial charge in [0, 0.05) is 5.56 Å². The average molecular weight is 315 g/mol. The molecule has 0 aromatic heterocycles. The number of carbonyl (C=O) groups is 1. The van der Waals surface area contributed by atoms with Crippen LogP contribution in [0.3, 0.4) is 0 Å². The van der Waals surface area contributed by atoms with E-state index in [-0.39, 0.29) is 11.7 Å². The SMILES string of the molecule is CCC(Oc1ccc(C(=O)O)cc1)c1ccc2c(c1)CON2O. The zero-order valence-corrected chi connectivity index (χ0v) is 12.6.